The minimum absolute atomic E-state index is 0.00550. The Labute approximate surface area is 144 Å². The number of pyridine rings is 1. The molecule has 3 aromatic rings. The van der Waals surface area contributed by atoms with E-state index in [1.807, 2.05) is 47.4 Å². The first-order valence-corrected chi connectivity index (χ1v) is 8.95. The number of aromatic nitrogens is 3. The molecule has 1 N–H and O–H groups in total. The van der Waals surface area contributed by atoms with E-state index in [2.05, 4.69) is 15.4 Å². The molecule has 5 nitrogen and oxygen atoms in total. The molecule has 1 aliphatic carbocycles. The number of amides is 1. The maximum Gasteiger partial charge on any atom is 0.262 e. The molecule has 6 heteroatoms. The minimum atomic E-state index is 0.00550. The molecule has 0 bridgehead atoms. The third kappa shape index (κ3) is 2.63. The van der Waals surface area contributed by atoms with Gasteiger partial charge >= 0.3 is 0 Å². The number of carbonyl (C=O) groups is 1. The predicted octanol–water partition coefficient (Wildman–Crippen LogP) is 3.44. The van der Waals surface area contributed by atoms with Crippen LogP contribution in [0, 0.1) is 6.92 Å². The Hall–Kier alpha value is -2.47. The van der Waals surface area contributed by atoms with Crippen LogP contribution in [-0.2, 0) is 6.42 Å². The third-order valence-electron chi connectivity index (χ3n) is 4.42. The van der Waals surface area contributed by atoms with Gasteiger partial charge in [0, 0.05) is 11.8 Å². The Morgan fingerprint density at radius 1 is 1.38 bits per heavy atom. The van der Waals surface area contributed by atoms with E-state index in [1.54, 1.807) is 6.20 Å². The van der Waals surface area contributed by atoms with Crippen LogP contribution in [0.2, 0.25) is 0 Å². The van der Waals surface area contributed by atoms with Crippen LogP contribution in [0.25, 0.3) is 5.82 Å². The summed E-state index contributed by atoms with van der Waals surface area (Å²) in [7, 11) is 0. The molecule has 0 radical (unpaired) electrons. The molecule has 1 amide bonds. The van der Waals surface area contributed by atoms with Gasteiger partial charge in [-0.25, -0.2) is 9.67 Å². The standard InChI is InChI=1S/C18H18N4OS/c1-12-8-10-24-17(12)18(23)21-14-5-4-6-15-13(14)11-20-22(15)16-7-2-3-9-19-16/h2-3,7-11,14H,4-6H2,1H3,(H,21,23)/t14-/m1/s1. The first kappa shape index (κ1) is 15.1. The monoisotopic (exact) mass is 338 g/mol. The van der Waals surface area contributed by atoms with Crippen molar-refractivity contribution in [2.45, 2.75) is 32.2 Å². The van der Waals surface area contributed by atoms with Crippen molar-refractivity contribution in [3.8, 4) is 5.82 Å². The van der Waals surface area contributed by atoms with Gasteiger partial charge in [-0.3, -0.25) is 4.79 Å². The number of carbonyl (C=O) groups excluding carboxylic acids is 1. The Bertz CT molecular complexity index is 868. The number of nitrogens with zero attached hydrogens (tertiary/aromatic N) is 3. The second-order valence-electron chi connectivity index (χ2n) is 6.00. The molecule has 4 rings (SSSR count). The number of thiophene rings is 1. The maximum absolute atomic E-state index is 12.5. The molecule has 1 aliphatic rings. The van der Waals surface area contributed by atoms with Gasteiger partial charge in [0.25, 0.3) is 5.91 Å². The lowest BCUT2D eigenvalue weighted by molar-refractivity contribution is 0.0936. The molecule has 0 spiro atoms. The zero-order chi connectivity index (χ0) is 16.5. The first-order valence-electron chi connectivity index (χ1n) is 8.07. The summed E-state index contributed by atoms with van der Waals surface area (Å²) in [5.74, 6) is 0.825. The fourth-order valence-corrected chi connectivity index (χ4v) is 4.04. The van der Waals surface area contributed by atoms with Crippen LogP contribution in [0.3, 0.4) is 0 Å². The molecule has 0 aliphatic heterocycles. The van der Waals surface area contributed by atoms with Gasteiger partial charge in [-0.05, 0) is 55.3 Å². The summed E-state index contributed by atoms with van der Waals surface area (Å²) in [6.07, 6.45) is 6.56. The van der Waals surface area contributed by atoms with Crippen molar-refractivity contribution < 1.29 is 4.79 Å². The lowest BCUT2D eigenvalue weighted by Crippen LogP contribution is -2.30. The summed E-state index contributed by atoms with van der Waals surface area (Å²) in [5.41, 5.74) is 3.28. The largest absolute Gasteiger partial charge is 0.344 e. The van der Waals surface area contributed by atoms with E-state index < -0.39 is 0 Å². The Morgan fingerprint density at radius 2 is 2.29 bits per heavy atom. The number of hydrogen-bond donors (Lipinski definition) is 1. The van der Waals surface area contributed by atoms with Crippen LogP contribution >= 0.6 is 11.3 Å². The van der Waals surface area contributed by atoms with Crippen molar-refractivity contribution in [1.29, 1.82) is 0 Å². The third-order valence-corrected chi connectivity index (χ3v) is 5.44. The quantitative estimate of drug-likeness (QED) is 0.796. The molecular weight excluding hydrogens is 320 g/mol. The van der Waals surface area contributed by atoms with Crippen molar-refractivity contribution in [1.82, 2.24) is 20.1 Å². The number of nitrogens with one attached hydrogen (secondary N) is 1. The molecule has 0 unspecified atom stereocenters. The number of hydrogen-bond acceptors (Lipinski definition) is 4. The Balaban J connectivity index is 1.62. The van der Waals surface area contributed by atoms with Gasteiger partial charge in [-0.1, -0.05) is 6.07 Å². The van der Waals surface area contributed by atoms with Gasteiger partial charge in [0.1, 0.15) is 0 Å². The average Bonchev–Trinajstić information content (AvgIpc) is 3.22. The summed E-state index contributed by atoms with van der Waals surface area (Å²) in [6, 6.07) is 7.79. The van der Waals surface area contributed by atoms with E-state index >= 15 is 0 Å². The highest BCUT2D eigenvalue weighted by atomic mass is 32.1. The molecule has 0 fully saturated rings. The second kappa shape index (κ2) is 6.20. The maximum atomic E-state index is 12.5. The minimum Gasteiger partial charge on any atom is -0.344 e. The molecule has 122 valence electrons. The summed E-state index contributed by atoms with van der Waals surface area (Å²) in [6.45, 7) is 1.97. The van der Waals surface area contributed by atoms with Crippen molar-refractivity contribution in [3.05, 3.63) is 63.7 Å². The molecule has 1 atom stereocenters. The summed E-state index contributed by atoms with van der Waals surface area (Å²) in [5, 5.41) is 9.65. The number of aryl methyl sites for hydroxylation is 1. The lowest BCUT2D eigenvalue weighted by atomic mass is 9.93. The molecule has 3 heterocycles. The van der Waals surface area contributed by atoms with Gasteiger partial charge < -0.3 is 5.32 Å². The van der Waals surface area contributed by atoms with Crippen molar-refractivity contribution >= 4 is 17.2 Å². The van der Waals surface area contributed by atoms with Crippen LogP contribution in [0.1, 0.15) is 45.4 Å². The van der Waals surface area contributed by atoms with Gasteiger partial charge in [0.15, 0.2) is 5.82 Å². The van der Waals surface area contributed by atoms with Crippen molar-refractivity contribution in [2.75, 3.05) is 0 Å². The highest BCUT2D eigenvalue weighted by Gasteiger charge is 2.27. The topological polar surface area (TPSA) is 59.8 Å². The normalized spacial score (nSPS) is 16.6. The highest BCUT2D eigenvalue weighted by molar-refractivity contribution is 7.12. The van der Waals surface area contributed by atoms with Gasteiger partial charge in [0.05, 0.1) is 22.8 Å². The van der Waals surface area contributed by atoms with Gasteiger partial charge in [-0.2, -0.15) is 5.10 Å². The second-order valence-corrected chi connectivity index (χ2v) is 6.91. The smallest absolute Gasteiger partial charge is 0.262 e. The van der Waals surface area contributed by atoms with E-state index in [-0.39, 0.29) is 11.9 Å². The molecule has 0 aromatic carbocycles. The number of fused-ring (bicyclic) bond motifs is 1. The van der Waals surface area contributed by atoms with Crippen LogP contribution in [0.5, 0.6) is 0 Å². The lowest BCUT2D eigenvalue weighted by Gasteiger charge is -2.24. The fraction of sp³-hybridized carbons (Fsp3) is 0.278. The molecule has 24 heavy (non-hydrogen) atoms. The summed E-state index contributed by atoms with van der Waals surface area (Å²) in [4.78, 5) is 17.7. The first-order chi connectivity index (χ1) is 11.7. The average molecular weight is 338 g/mol. The van der Waals surface area contributed by atoms with E-state index in [0.29, 0.717) is 0 Å². The summed E-state index contributed by atoms with van der Waals surface area (Å²) < 4.78 is 1.89. The Morgan fingerprint density at radius 3 is 3.04 bits per heavy atom. The van der Waals surface area contributed by atoms with E-state index in [4.69, 9.17) is 0 Å². The molecule has 0 saturated carbocycles. The van der Waals surface area contributed by atoms with Crippen LogP contribution in [0.4, 0.5) is 0 Å². The molecule has 0 saturated heterocycles. The highest BCUT2D eigenvalue weighted by Crippen LogP contribution is 2.31. The molecule has 3 aromatic heterocycles. The van der Waals surface area contributed by atoms with Crippen LogP contribution in [-0.4, -0.2) is 20.7 Å². The van der Waals surface area contributed by atoms with Crippen molar-refractivity contribution in [3.63, 3.8) is 0 Å². The zero-order valence-electron chi connectivity index (χ0n) is 13.4. The van der Waals surface area contributed by atoms with Crippen LogP contribution < -0.4 is 5.32 Å². The SMILES string of the molecule is Cc1ccsc1C(=O)N[C@@H]1CCCc2c1cnn2-c1ccccn1. The summed E-state index contributed by atoms with van der Waals surface area (Å²) >= 11 is 1.49. The number of rotatable bonds is 3. The molecular formula is C18H18N4OS. The van der Waals surface area contributed by atoms with Crippen LogP contribution in [0.15, 0.2) is 42.0 Å². The Kier molecular flexibility index (Phi) is 3.90. The predicted molar refractivity (Wildman–Crippen MR) is 93.6 cm³/mol. The van der Waals surface area contributed by atoms with Gasteiger partial charge in [0.2, 0.25) is 0 Å². The fourth-order valence-electron chi connectivity index (χ4n) is 3.21. The zero-order valence-corrected chi connectivity index (χ0v) is 14.2. The van der Waals surface area contributed by atoms with E-state index in [9.17, 15) is 4.79 Å². The van der Waals surface area contributed by atoms with Crippen molar-refractivity contribution in [2.24, 2.45) is 0 Å². The van der Waals surface area contributed by atoms with E-state index in [0.717, 1.165) is 46.8 Å². The van der Waals surface area contributed by atoms with E-state index in [1.165, 1.54) is 11.3 Å². The van der Waals surface area contributed by atoms with Gasteiger partial charge in [-0.15, -0.1) is 11.3 Å².